The monoisotopic (exact) mass is 499 g/mol. The first-order valence-electron chi connectivity index (χ1n) is 13.2. The number of thioether (sulfide) groups is 1. The Bertz CT molecular complexity index is 962. The lowest BCUT2D eigenvalue weighted by molar-refractivity contribution is -0.136. The van der Waals surface area contributed by atoms with Gasteiger partial charge < -0.3 is 15.0 Å². The molecule has 3 atom stereocenters. The van der Waals surface area contributed by atoms with E-state index in [-0.39, 0.29) is 24.1 Å². The Balaban J connectivity index is 1.19. The van der Waals surface area contributed by atoms with Gasteiger partial charge in [0.1, 0.15) is 6.04 Å². The van der Waals surface area contributed by atoms with Gasteiger partial charge in [0.15, 0.2) is 0 Å². The van der Waals surface area contributed by atoms with Crippen molar-refractivity contribution in [3.05, 3.63) is 29.3 Å². The molecular formula is C27H37N3O4S. The van der Waals surface area contributed by atoms with Crippen molar-refractivity contribution in [1.82, 2.24) is 15.5 Å². The molecule has 0 spiro atoms. The molecule has 2 heterocycles. The highest BCUT2D eigenvalue weighted by Gasteiger charge is 2.39. The van der Waals surface area contributed by atoms with Gasteiger partial charge in [-0.15, -0.1) is 11.8 Å². The number of carbonyl (C=O) groups is 3. The van der Waals surface area contributed by atoms with Crippen LogP contribution in [0.4, 0.5) is 0 Å². The molecule has 2 aliphatic carbocycles. The number of hydrogen-bond donors (Lipinski definition) is 2. The van der Waals surface area contributed by atoms with Gasteiger partial charge in [-0.2, -0.15) is 0 Å². The lowest BCUT2D eigenvalue weighted by Gasteiger charge is -2.34. The van der Waals surface area contributed by atoms with Crippen LogP contribution in [0.15, 0.2) is 23.1 Å². The molecule has 0 radical (unpaired) electrons. The van der Waals surface area contributed by atoms with Crippen LogP contribution in [0.25, 0.3) is 0 Å². The summed E-state index contributed by atoms with van der Waals surface area (Å²) in [5.74, 6) is 0.0286. The number of piperidine rings is 1. The highest BCUT2D eigenvalue weighted by Crippen LogP contribution is 2.37. The second-order valence-electron chi connectivity index (χ2n) is 10.6. The summed E-state index contributed by atoms with van der Waals surface area (Å²) in [4.78, 5) is 39.6. The van der Waals surface area contributed by atoms with Gasteiger partial charge in [0.05, 0.1) is 6.10 Å². The van der Waals surface area contributed by atoms with Crippen LogP contribution in [0.3, 0.4) is 0 Å². The van der Waals surface area contributed by atoms with Gasteiger partial charge in [0.2, 0.25) is 11.8 Å². The Hall–Kier alpha value is -1.90. The van der Waals surface area contributed by atoms with Crippen molar-refractivity contribution in [3.63, 3.8) is 0 Å². The van der Waals surface area contributed by atoms with Crippen molar-refractivity contribution in [2.75, 3.05) is 13.7 Å². The van der Waals surface area contributed by atoms with Crippen molar-refractivity contribution < 1.29 is 19.1 Å². The van der Waals surface area contributed by atoms with Gasteiger partial charge in [-0.1, -0.05) is 12.8 Å². The van der Waals surface area contributed by atoms with Crippen molar-refractivity contribution in [1.29, 1.82) is 0 Å². The highest BCUT2D eigenvalue weighted by atomic mass is 32.2. The summed E-state index contributed by atoms with van der Waals surface area (Å²) >= 11 is 1.93. The van der Waals surface area contributed by atoms with Crippen molar-refractivity contribution in [2.45, 2.75) is 99.1 Å². The summed E-state index contributed by atoms with van der Waals surface area (Å²) in [6, 6.07) is 6.08. The molecule has 35 heavy (non-hydrogen) atoms. The lowest BCUT2D eigenvalue weighted by atomic mass is 9.86. The number of ether oxygens (including phenoxy) is 1. The Kier molecular flexibility index (Phi) is 7.80. The summed E-state index contributed by atoms with van der Waals surface area (Å²) in [6.07, 6.45) is 10.9. The predicted molar refractivity (Wildman–Crippen MR) is 135 cm³/mol. The van der Waals surface area contributed by atoms with Gasteiger partial charge in [-0.3, -0.25) is 19.7 Å². The van der Waals surface area contributed by atoms with E-state index in [1.807, 2.05) is 24.9 Å². The van der Waals surface area contributed by atoms with Crippen molar-refractivity contribution in [3.8, 4) is 0 Å². The van der Waals surface area contributed by atoms with Crippen molar-refractivity contribution in [2.24, 2.45) is 5.92 Å². The number of imide groups is 1. The molecule has 1 aromatic rings. The van der Waals surface area contributed by atoms with E-state index in [0.29, 0.717) is 35.9 Å². The molecule has 1 aromatic carbocycles. The van der Waals surface area contributed by atoms with Crippen LogP contribution < -0.4 is 10.6 Å². The number of benzene rings is 1. The molecule has 8 heteroatoms. The maximum absolute atomic E-state index is 13.0. The minimum Gasteiger partial charge on any atom is -0.381 e. The minimum absolute atomic E-state index is 0.105. The van der Waals surface area contributed by atoms with Gasteiger partial charge in [0, 0.05) is 41.8 Å². The normalized spacial score (nSPS) is 31.4. The molecule has 7 nitrogen and oxygen atoms in total. The number of hydrogen-bond acceptors (Lipinski definition) is 6. The average Bonchev–Trinajstić information content (AvgIpc) is 3.19. The number of carbonyl (C=O) groups excluding carboxylic acids is 3. The van der Waals surface area contributed by atoms with Gasteiger partial charge >= 0.3 is 0 Å². The van der Waals surface area contributed by atoms with Crippen LogP contribution in [-0.4, -0.2) is 59.7 Å². The third-order valence-corrected chi connectivity index (χ3v) is 9.67. The van der Waals surface area contributed by atoms with E-state index in [1.54, 1.807) is 4.90 Å². The van der Waals surface area contributed by atoms with Gasteiger partial charge in [0.25, 0.3) is 5.91 Å². The third-order valence-electron chi connectivity index (χ3n) is 8.28. The summed E-state index contributed by atoms with van der Waals surface area (Å²) in [6.45, 7) is 1.53. The quantitative estimate of drug-likeness (QED) is 0.557. The maximum atomic E-state index is 13.0. The molecule has 2 saturated carbocycles. The number of rotatable bonds is 7. The Morgan fingerprint density at radius 3 is 2.63 bits per heavy atom. The summed E-state index contributed by atoms with van der Waals surface area (Å²) < 4.78 is 5.53. The number of methoxy groups -OCH3 is 1. The Labute approximate surface area is 212 Å². The first kappa shape index (κ1) is 24.8. The molecule has 2 N–H and O–H groups in total. The first-order valence-corrected chi connectivity index (χ1v) is 14.1. The fraction of sp³-hybridized carbons (Fsp3) is 0.667. The Morgan fingerprint density at radius 1 is 1.06 bits per heavy atom. The number of nitrogens with one attached hydrogen (secondary N) is 2. The highest BCUT2D eigenvalue weighted by molar-refractivity contribution is 8.00. The summed E-state index contributed by atoms with van der Waals surface area (Å²) in [5, 5.41) is 6.82. The molecule has 3 amide bonds. The van der Waals surface area contributed by atoms with E-state index >= 15 is 0 Å². The smallest absolute Gasteiger partial charge is 0.255 e. The summed E-state index contributed by atoms with van der Waals surface area (Å²) in [5.41, 5.74) is 1.67. The summed E-state index contributed by atoms with van der Waals surface area (Å²) in [7, 11) is 1.83. The van der Waals surface area contributed by atoms with Crippen LogP contribution >= 0.6 is 11.8 Å². The van der Waals surface area contributed by atoms with Crippen LogP contribution in [0, 0.1) is 5.92 Å². The number of amides is 3. The SMILES string of the molecule is CO[C@H]1CC[C@@H](CN[C@H]2CCCC[C@@H]2Sc2ccc3c(c2)CN(C2CCC(=O)NC2=O)C3=O)CC1. The second-order valence-corrected chi connectivity index (χ2v) is 11.9. The van der Waals surface area contributed by atoms with E-state index in [2.05, 4.69) is 22.8 Å². The zero-order chi connectivity index (χ0) is 24.4. The lowest BCUT2D eigenvalue weighted by Crippen LogP contribution is -2.52. The second kappa shape index (κ2) is 11.0. The molecule has 2 aliphatic heterocycles. The standard InChI is InChI=1S/C27H37N3O4S/c1-34-19-8-6-17(7-9-19)15-28-22-4-2-3-5-24(22)35-20-10-11-21-18(14-20)16-30(27(21)33)23-12-13-25(31)29-26(23)32/h10-11,14,17,19,22-24,28H,2-9,12-13,15-16H2,1H3,(H,29,31,32)/t17-,19+,22-,23?,24-/m0/s1. The van der Waals surface area contributed by atoms with E-state index in [9.17, 15) is 14.4 Å². The topological polar surface area (TPSA) is 87.7 Å². The fourth-order valence-corrected chi connectivity index (χ4v) is 7.55. The molecule has 190 valence electrons. The van der Waals surface area contributed by atoms with Crippen LogP contribution in [-0.2, 0) is 20.9 Å². The Morgan fingerprint density at radius 2 is 1.86 bits per heavy atom. The third kappa shape index (κ3) is 5.59. The first-order chi connectivity index (χ1) is 17.0. The van der Waals surface area contributed by atoms with Crippen molar-refractivity contribution >= 4 is 29.5 Å². The van der Waals surface area contributed by atoms with Crippen LogP contribution in [0.2, 0.25) is 0 Å². The van der Waals surface area contributed by atoms with Gasteiger partial charge in [-0.25, -0.2) is 0 Å². The van der Waals surface area contributed by atoms with E-state index in [4.69, 9.17) is 4.74 Å². The molecule has 0 bridgehead atoms. The van der Waals surface area contributed by atoms with Crippen LogP contribution in [0.5, 0.6) is 0 Å². The molecule has 5 rings (SSSR count). The molecule has 1 saturated heterocycles. The molecule has 4 aliphatic rings. The van der Waals surface area contributed by atoms with Crippen LogP contribution in [0.1, 0.15) is 80.1 Å². The molecule has 3 fully saturated rings. The fourth-order valence-electron chi connectivity index (χ4n) is 6.16. The minimum atomic E-state index is -0.561. The zero-order valence-corrected chi connectivity index (χ0v) is 21.4. The van der Waals surface area contributed by atoms with Gasteiger partial charge in [-0.05, 0) is 81.2 Å². The van der Waals surface area contributed by atoms with E-state index < -0.39 is 6.04 Å². The maximum Gasteiger partial charge on any atom is 0.255 e. The molecular weight excluding hydrogens is 462 g/mol. The molecule has 1 unspecified atom stereocenters. The average molecular weight is 500 g/mol. The largest absolute Gasteiger partial charge is 0.381 e. The zero-order valence-electron chi connectivity index (χ0n) is 20.6. The molecule has 0 aromatic heterocycles. The number of fused-ring (bicyclic) bond motifs is 1. The number of nitrogens with zero attached hydrogens (tertiary/aromatic N) is 1. The van der Waals surface area contributed by atoms with E-state index in [0.717, 1.165) is 18.0 Å². The van der Waals surface area contributed by atoms with E-state index in [1.165, 1.54) is 56.3 Å². The predicted octanol–water partition coefficient (Wildman–Crippen LogP) is 3.65.